The zero-order valence-corrected chi connectivity index (χ0v) is 6.76. The van der Waals surface area contributed by atoms with Gasteiger partial charge in [-0.25, -0.2) is 0 Å². The van der Waals surface area contributed by atoms with Crippen LogP contribution in [0.4, 0.5) is 0 Å². The number of ketones is 1. The Labute approximate surface area is 65.4 Å². The molecular weight excluding hydrogens is 146 g/mol. The Balaban J connectivity index is 3.80. The topological polar surface area (TPSA) is 80.4 Å². The highest BCUT2D eigenvalue weighted by Crippen LogP contribution is 2.06. The number of nitrogens with two attached hydrogens (primary N) is 1. The van der Waals surface area contributed by atoms with E-state index in [9.17, 15) is 9.59 Å². The van der Waals surface area contributed by atoms with Gasteiger partial charge in [0, 0.05) is 12.8 Å². The molecule has 0 bridgehead atoms. The molecule has 64 valence electrons. The number of hydrogen-bond donors (Lipinski definition) is 2. The SMILES string of the molecule is CC(C)(O)C(=O)CCC(N)=O. The van der Waals surface area contributed by atoms with Gasteiger partial charge in [0.2, 0.25) is 5.91 Å². The van der Waals surface area contributed by atoms with Crippen LogP contribution in [0, 0.1) is 0 Å². The number of Topliss-reactive ketones (excluding diaryl/α,β-unsaturated/α-hetero) is 1. The van der Waals surface area contributed by atoms with Crippen LogP contribution >= 0.6 is 0 Å². The summed E-state index contributed by atoms with van der Waals surface area (Å²) in [5.41, 5.74) is 3.46. The highest BCUT2D eigenvalue weighted by molar-refractivity contribution is 5.89. The molecule has 0 radical (unpaired) electrons. The summed E-state index contributed by atoms with van der Waals surface area (Å²) in [6.45, 7) is 2.77. The van der Waals surface area contributed by atoms with E-state index in [0.29, 0.717) is 0 Å². The zero-order valence-electron chi connectivity index (χ0n) is 6.76. The molecular formula is C7H13NO3. The Kier molecular flexibility index (Phi) is 3.19. The van der Waals surface area contributed by atoms with E-state index in [1.165, 1.54) is 13.8 Å². The molecule has 0 aliphatic rings. The van der Waals surface area contributed by atoms with Crippen molar-refractivity contribution in [3.05, 3.63) is 0 Å². The highest BCUT2D eigenvalue weighted by atomic mass is 16.3. The fraction of sp³-hybridized carbons (Fsp3) is 0.714. The lowest BCUT2D eigenvalue weighted by atomic mass is 10.00. The van der Waals surface area contributed by atoms with E-state index in [1.54, 1.807) is 0 Å². The Morgan fingerprint density at radius 2 is 1.82 bits per heavy atom. The second-order valence-corrected chi connectivity index (χ2v) is 2.95. The molecule has 0 aromatic carbocycles. The third-order valence-electron chi connectivity index (χ3n) is 1.28. The van der Waals surface area contributed by atoms with E-state index >= 15 is 0 Å². The van der Waals surface area contributed by atoms with E-state index in [4.69, 9.17) is 10.8 Å². The van der Waals surface area contributed by atoms with Crippen molar-refractivity contribution < 1.29 is 14.7 Å². The fourth-order valence-corrected chi connectivity index (χ4v) is 0.543. The quantitative estimate of drug-likeness (QED) is 0.585. The first kappa shape index (κ1) is 10.1. The third kappa shape index (κ3) is 4.50. The van der Waals surface area contributed by atoms with Gasteiger partial charge in [0.05, 0.1) is 0 Å². The molecule has 0 aliphatic carbocycles. The average molecular weight is 159 g/mol. The summed E-state index contributed by atoms with van der Waals surface area (Å²) in [5.74, 6) is -0.890. The van der Waals surface area contributed by atoms with Crippen LogP contribution in [0.1, 0.15) is 26.7 Å². The maximum absolute atomic E-state index is 10.9. The van der Waals surface area contributed by atoms with Crippen molar-refractivity contribution in [1.29, 1.82) is 0 Å². The van der Waals surface area contributed by atoms with Crippen molar-refractivity contribution in [3.8, 4) is 0 Å². The van der Waals surface area contributed by atoms with Crippen LogP contribution < -0.4 is 5.73 Å². The zero-order chi connectivity index (χ0) is 9.07. The van der Waals surface area contributed by atoms with Crippen LogP contribution in [-0.2, 0) is 9.59 Å². The van der Waals surface area contributed by atoms with Gasteiger partial charge in [-0.2, -0.15) is 0 Å². The van der Waals surface area contributed by atoms with Crippen molar-refractivity contribution in [2.45, 2.75) is 32.3 Å². The lowest BCUT2D eigenvalue weighted by Gasteiger charge is -2.14. The minimum absolute atomic E-state index is 0.00280. The van der Waals surface area contributed by atoms with Gasteiger partial charge in [0.1, 0.15) is 5.60 Å². The summed E-state index contributed by atoms with van der Waals surface area (Å²) < 4.78 is 0. The molecule has 0 heterocycles. The monoisotopic (exact) mass is 159 g/mol. The molecule has 0 spiro atoms. The van der Waals surface area contributed by atoms with Crippen molar-refractivity contribution in [3.63, 3.8) is 0 Å². The number of rotatable bonds is 4. The molecule has 0 atom stereocenters. The van der Waals surface area contributed by atoms with E-state index in [1.807, 2.05) is 0 Å². The van der Waals surface area contributed by atoms with Crippen LogP contribution in [0.25, 0.3) is 0 Å². The van der Waals surface area contributed by atoms with Gasteiger partial charge in [-0.1, -0.05) is 0 Å². The summed E-state index contributed by atoms with van der Waals surface area (Å²) in [6.07, 6.45) is 0.0155. The van der Waals surface area contributed by atoms with E-state index < -0.39 is 11.5 Å². The number of carbonyl (C=O) groups excluding carboxylic acids is 2. The molecule has 0 aromatic heterocycles. The summed E-state index contributed by atoms with van der Waals surface area (Å²) >= 11 is 0. The maximum Gasteiger partial charge on any atom is 0.217 e. The summed E-state index contributed by atoms with van der Waals surface area (Å²) in [7, 11) is 0. The van der Waals surface area contributed by atoms with Crippen LogP contribution in [0.2, 0.25) is 0 Å². The van der Waals surface area contributed by atoms with Gasteiger partial charge in [-0.3, -0.25) is 9.59 Å². The number of amides is 1. The number of primary amides is 1. The third-order valence-corrected chi connectivity index (χ3v) is 1.28. The first-order valence-corrected chi connectivity index (χ1v) is 3.38. The predicted octanol–water partition coefficient (Wildman–Crippen LogP) is -0.408. The fourth-order valence-electron chi connectivity index (χ4n) is 0.543. The van der Waals surface area contributed by atoms with Gasteiger partial charge in [-0.15, -0.1) is 0 Å². The maximum atomic E-state index is 10.9. The number of hydrogen-bond acceptors (Lipinski definition) is 3. The Morgan fingerprint density at radius 3 is 2.09 bits per heavy atom. The van der Waals surface area contributed by atoms with Crippen LogP contribution in [-0.4, -0.2) is 22.4 Å². The summed E-state index contributed by atoms with van der Waals surface area (Å²) in [4.78, 5) is 21.1. The number of aliphatic hydroxyl groups is 1. The largest absolute Gasteiger partial charge is 0.383 e. The molecule has 0 fully saturated rings. The average Bonchev–Trinajstić information content (AvgIpc) is 1.80. The second-order valence-electron chi connectivity index (χ2n) is 2.95. The van der Waals surface area contributed by atoms with Gasteiger partial charge in [-0.05, 0) is 13.8 Å². The normalized spacial score (nSPS) is 11.2. The molecule has 1 amide bonds. The highest BCUT2D eigenvalue weighted by Gasteiger charge is 2.23. The van der Waals surface area contributed by atoms with Crippen LogP contribution in [0.3, 0.4) is 0 Å². The summed E-state index contributed by atoms with van der Waals surface area (Å²) in [6, 6.07) is 0. The first-order chi connectivity index (χ1) is 4.84. The summed E-state index contributed by atoms with van der Waals surface area (Å²) in [5, 5.41) is 9.10. The van der Waals surface area contributed by atoms with E-state index in [0.717, 1.165) is 0 Å². The molecule has 4 nitrogen and oxygen atoms in total. The molecule has 0 saturated heterocycles. The predicted molar refractivity (Wildman–Crippen MR) is 39.7 cm³/mol. The van der Waals surface area contributed by atoms with Crippen LogP contribution in [0.15, 0.2) is 0 Å². The van der Waals surface area contributed by atoms with Crippen molar-refractivity contribution in [2.75, 3.05) is 0 Å². The van der Waals surface area contributed by atoms with Gasteiger partial charge >= 0.3 is 0 Å². The van der Waals surface area contributed by atoms with E-state index in [-0.39, 0.29) is 18.6 Å². The first-order valence-electron chi connectivity index (χ1n) is 3.38. The van der Waals surface area contributed by atoms with E-state index in [2.05, 4.69) is 0 Å². The molecule has 0 unspecified atom stereocenters. The van der Waals surface area contributed by atoms with Gasteiger partial charge in [0.25, 0.3) is 0 Å². The van der Waals surface area contributed by atoms with Crippen LogP contribution in [0.5, 0.6) is 0 Å². The molecule has 11 heavy (non-hydrogen) atoms. The molecule has 0 aromatic rings. The smallest absolute Gasteiger partial charge is 0.217 e. The minimum atomic E-state index is -1.35. The van der Waals surface area contributed by atoms with Crippen molar-refractivity contribution in [1.82, 2.24) is 0 Å². The molecule has 4 heteroatoms. The Bertz CT molecular complexity index is 169. The van der Waals surface area contributed by atoms with Crippen molar-refractivity contribution >= 4 is 11.7 Å². The molecule has 3 N–H and O–H groups in total. The number of carbonyl (C=O) groups is 2. The molecule has 0 saturated carbocycles. The van der Waals surface area contributed by atoms with Gasteiger partial charge < -0.3 is 10.8 Å². The lowest BCUT2D eigenvalue weighted by molar-refractivity contribution is -0.135. The van der Waals surface area contributed by atoms with Gasteiger partial charge in [0.15, 0.2) is 5.78 Å². The van der Waals surface area contributed by atoms with Crippen molar-refractivity contribution in [2.24, 2.45) is 5.73 Å². The Morgan fingerprint density at radius 1 is 1.36 bits per heavy atom. The standard InChI is InChI=1S/C7H13NO3/c1-7(2,11)5(9)3-4-6(8)10/h11H,3-4H2,1-2H3,(H2,8,10). The molecule has 0 aliphatic heterocycles. The lowest BCUT2D eigenvalue weighted by Crippen LogP contribution is -2.31. The molecule has 0 rings (SSSR count). The second kappa shape index (κ2) is 3.48. The Hall–Kier alpha value is -0.900. The minimum Gasteiger partial charge on any atom is -0.383 e.